The average Bonchev–Trinajstić information content (AvgIpc) is 2.76. The van der Waals surface area contributed by atoms with Crippen LogP contribution < -0.4 is 5.32 Å². The lowest BCUT2D eigenvalue weighted by Gasteiger charge is -2.05. The number of hydrogen-bond donors (Lipinski definition) is 1. The van der Waals surface area contributed by atoms with Gasteiger partial charge in [0.05, 0.1) is 3.79 Å². The highest BCUT2D eigenvalue weighted by molar-refractivity contribution is 9.11. The third-order valence-electron chi connectivity index (χ3n) is 2.44. The fraction of sp³-hybridized carbons (Fsp3) is 0.0714. The molecule has 0 radical (unpaired) electrons. The van der Waals surface area contributed by atoms with Crippen molar-refractivity contribution in [2.24, 2.45) is 0 Å². The molecule has 1 heterocycles. The van der Waals surface area contributed by atoms with E-state index in [0.717, 1.165) is 8.66 Å². The molecular weight excluding hydrogens is 329 g/mol. The highest BCUT2D eigenvalue weighted by Crippen LogP contribution is 2.23. The molecule has 0 aliphatic heterocycles. The summed E-state index contributed by atoms with van der Waals surface area (Å²) in [6.45, 7) is 1.75. The van der Waals surface area contributed by atoms with Gasteiger partial charge in [0.25, 0.3) is 0 Å². The van der Waals surface area contributed by atoms with Crippen molar-refractivity contribution in [3.8, 4) is 0 Å². The Balaban J connectivity index is 2.03. The van der Waals surface area contributed by atoms with Crippen LogP contribution >= 0.6 is 27.3 Å². The van der Waals surface area contributed by atoms with Gasteiger partial charge in [0, 0.05) is 16.6 Å². The van der Waals surface area contributed by atoms with Gasteiger partial charge < -0.3 is 5.32 Å². The summed E-state index contributed by atoms with van der Waals surface area (Å²) in [5.74, 6) is -0.547. The lowest BCUT2D eigenvalue weighted by molar-refractivity contribution is -0.111. The normalized spacial score (nSPS) is 10.9. The minimum absolute atomic E-state index is 0.237. The second kappa shape index (κ2) is 6.12. The second-order valence-corrected chi connectivity index (χ2v) is 6.42. The minimum atomic E-state index is -0.311. The third-order valence-corrected chi connectivity index (χ3v) is 4.03. The Morgan fingerprint density at radius 2 is 2.16 bits per heavy atom. The van der Waals surface area contributed by atoms with Crippen LogP contribution in [0.4, 0.5) is 10.1 Å². The molecule has 1 amide bonds. The summed E-state index contributed by atoms with van der Waals surface area (Å²) in [5, 5.41) is 2.71. The van der Waals surface area contributed by atoms with Gasteiger partial charge in [-0.05, 0) is 64.8 Å². The van der Waals surface area contributed by atoms with Crippen molar-refractivity contribution in [1.82, 2.24) is 0 Å². The minimum Gasteiger partial charge on any atom is -0.322 e. The molecule has 2 aromatic rings. The van der Waals surface area contributed by atoms with Gasteiger partial charge in [0.2, 0.25) is 5.91 Å². The Morgan fingerprint density at radius 1 is 1.37 bits per heavy atom. The Bertz CT molecular complexity index is 636. The number of carbonyl (C=O) groups excluding carboxylic acids is 1. The van der Waals surface area contributed by atoms with Crippen molar-refractivity contribution in [3.63, 3.8) is 0 Å². The van der Waals surface area contributed by atoms with E-state index in [1.807, 2.05) is 12.1 Å². The summed E-state index contributed by atoms with van der Waals surface area (Å²) in [4.78, 5) is 12.7. The third kappa shape index (κ3) is 4.01. The first-order valence-electron chi connectivity index (χ1n) is 5.55. The lowest BCUT2D eigenvalue weighted by Crippen LogP contribution is -2.08. The first-order chi connectivity index (χ1) is 9.04. The highest BCUT2D eigenvalue weighted by atomic mass is 79.9. The molecule has 0 spiro atoms. The van der Waals surface area contributed by atoms with Crippen molar-refractivity contribution >= 4 is 44.9 Å². The lowest BCUT2D eigenvalue weighted by atomic mass is 10.2. The van der Waals surface area contributed by atoms with Gasteiger partial charge in [-0.25, -0.2) is 4.39 Å². The highest BCUT2D eigenvalue weighted by Gasteiger charge is 2.03. The van der Waals surface area contributed by atoms with E-state index >= 15 is 0 Å². The smallest absolute Gasteiger partial charge is 0.248 e. The number of anilines is 1. The predicted octanol–water partition coefficient (Wildman–Crippen LogP) is 4.61. The molecule has 0 atom stereocenters. The van der Waals surface area contributed by atoms with Crippen molar-refractivity contribution in [1.29, 1.82) is 0 Å². The molecule has 0 unspecified atom stereocenters. The van der Waals surface area contributed by atoms with Crippen molar-refractivity contribution < 1.29 is 9.18 Å². The molecule has 98 valence electrons. The zero-order valence-electron chi connectivity index (χ0n) is 10.1. The van der Waals surface area contributed by atoms with Gasteiger partial charge in [0.1, 0.15) is 5.82 Å². The van der Waals surface area contributed by atoms with Crippen LogP contribution in [0, 0.1) is 12.7 Å². The second-order valence-electron chi connectivity index (χ2n) is 3.92. The summed E-state index contributed by atoms with van der Waals surface area (Å²) in [6.07, 6.45) is 3.20. The van der Waals surface area contributed by atoms with Crippen LogP contribution in [-0.4, -0.2) is 5.91 Å². The molecule has 2 nitrogen and oxygen atoms in total. The van der Waals surface area contributed by atoms with Crippen molar-refractivity contribution in [2.45, 2.75) is 6.92 Å². The van der Waals surface area contributed by atoms with Crippen LogP contribution in [0.5, 0.6) is 0 Å². The van der Waals surface area contributed by atoms with Gasteiger partial charge in [-0.1, -0.05) is 0 Å². The number of hydrogen-bond acceptors (Lipinski definition) is 2. The molecule has 1 aromatic carbocycles. The summed E-state index contributed by atoms with van der Waals surface area (Å²) < 4.78 is 13.9. The van der Waals surface area contributed by atoms with Crippen LogP contribution in [-0.2, 0) is 4.79 Å². The molecule has 1 N–H and O–H groups in total. The van der Waals surface area contributed by atoms with E-state index in [4.69, 9.17) is 0 Å². The average molecular weight is 340 g/mol. The van der Waals surface area contributed by atoms with Crippen LogP contribution in [0.15, 0.2) is 40.2 Å². The maximum Gasteiger partial charge on any atom is 0.248 e. The zero-order valence-corrected chi connectivity index (χ0v) is 12.5. The Hall–Kier alpha value is -1.46. The number of thiophene rings is 1. The molecule has 0 aliphatic carbocycles. The molecule has 19 heavy (non-hydrogen) atoms. The quantitative estimate of drug-likeness (QED) is 0.813. The zero-order chi connectivity index (χ0) is 13.8. The molecule has 2 rings (SSSR count). The number of rotatable bonds is 3. The molecule has 0 fully saturated rings. The van der Waals surface area contributed by atoms with E-state index in [1.54, 1.807) is 30.4 Å². The molecule has 5 heteroatoms. The largest absolute Gasteiger partial charge is 0.322 e. The predicted molar refractivity (Wildman–Crippen MR) is 80.8 cm³/mol. The Morgan fingerprint density at radius 3 is 2.79 bits per heavy atom. The molecule has 0 bridgehead atoms. The van der Waals surface area contributed by atoms with Crippen molar-refractivity contribution in [3.05, 3.63) is 56.5 Å². The summed E-state index contributed by atoms with van der Waals surface area (Å²) in [6, 6.07) is 8.10. The van der Waals surface area contributed by atoms with Gasteiger partial charge >= 0.3 is 0 Å². The van der Waals surface area contributed by atoms with Gasteiger partial charge in [-0.15, -0.1) is 11.3 Å². The fourth-order valence-corrected chi connectivity index (χ4v) is 2.84. The summed E-state index contributed by atoms with van der Waals surface area (Å²) in [7, 11) is 0. The summed E-state index contributed by atoms with van der Waals surface area (Å²) >= 11 is 4.90. The van der Waals surface area contributed by atoms with Gasteiger partial charge in [0.15, 0.2) is 0 Å². The van der Waals surface area contributed by atoms with E-state index in [9.17, 15) is 9.18 Å². The van der Waals surface area contributed by atoms with Crippen LogP contribution in [0.25, 0.3) is 6.08 Å². The maximum absolute atomic E-state index is 12.9. The number of nitrogens with one attached hydrogen (secondary N) is 1. The van der Waals surface area contributed by atoms with E-state index in [1.165, 1.54) is 18.2 Å². The van der Waals surface area contributed by atoms with Crippen LogP contribution in [0.3, 0.4) is 0 Å². The molecule has 0 saturated carbocycles. The summed E-state index contributed by atoms with van der Waals surface area (Å²) in [5.41, 5.74) is 1.31. The van der Waals surface area contributed by atoms with E-state index in [0.29, 0.717) is 11.3 Å². The van der Waals surface area contributed by atoms with Crippen LogP contribution in [0.1, 0.15) is 10.4 Å². The molecular formula is C14H11BrFNOS. The number of benzene rings is 1. The first-order valence-corrected chi connectivity index (χ1v) is 7.16. The number of amides is 1. The number of aryl methyl sites for hydroxylation is 1. The van der Waals surface area contributed by atoms with E-state index < -0.39 is 0 Å². The van der Waals surface area contributed by atoms with Gasteiger partial charge in [-0.3, -0.25) is 4.79 Å². The fourth-order valence-electron chi connectivity index (χ4n) is 1.52. The van der Waals surface area contributed by atoms with Gasteiger partial charge in [-0.2, -0.15) is 0 Å². The standard InChI is InChI=1S/C14H11BrFNOS/c1-9-8-10(16)2-5-12(9)17-14(18)7-4-11-3-6-13(15)19-11/h2-8H,1H3,(H,17,18)/b7-4+. The van der Waals surface area contributed by atoms with Crippen molar-refractivity contribution in [2.75, 3.05) is 5.32 Å². The Labute approximate surface area is 123 Å². The molecule has 0 saturated heterocycles. The number of halogens is 2. The molecule has 0 aliphatic rings. The SMILES string of the molecule is Cc1cc(F)ccc1NC(=O)/C=C/c1ccc(Br)s1. The molecule has 1 aromatic heterocycles. The number of carbonyl (C=O) groups is 1. The first kappa shape index (κ1) is 14.0. The van der Waals surface area contributed by atoms with Crippen LogP contribution in [0.2, 0.25) is 0 Å². The topological polar surface area (TPSA) is 29.1 Å². The van der Waals surface area contributed by atoms with E-state index in [-0.39, 0.29) is 11.7 Å². The maximum atomic E-state index is 12.9. The Kier molecular flexibility index (Phi) is 4.50. The van der Waals surface area contributed by atoms with E-state index in [2.05, 4.69) is 21.2 Å². The monoisotopic (exact) mass is 339 g/mol.